The van der Waals surface area contributed by atoms with Crippen molar-refractivity contribution in [3.05, 3.63) is 29.8 Å². The van der Waals surface area contributed by atoms with E-state index in [1.165, 1.54) is 30.5 Å². The number of nitrogens with zero attached hydrogens (tertiary/aromatic N) is 1. The molecule has 3 N–H and O–H groups in total. The Morgan fingerprint density at radius 3 is 2.75 bits per heavy atom. The van der Waals surface area contributed by atoms with E-state index < -0.39 is 0 Å². The Hall–Kier alpha value is -1.06. The van der Waals surface area contributed by atoms with E-state index in [0.29, 0.717) is 12.1 Å². The molecule has 2 rings (SSSR count). The van der Waals surface area contributed by atoms with Gasteiger partial charge in [0.2, 0.25) is 0 Å². The summed E-state index contributed by atoms with van der Waals surface area (Å²) in [5.74, 6) is 0. The SMILES string of the molecule is CCN(CC)Cc1cccc(NC2CCCC(N)C2)c1. The fraction of sp³-hybridized carbons (Fsp3) is 0.647. The molecule has 1 saturated carbocycles. The lowest BCUT2D eigenvalue weighted by molar-refractivity contribution is 0.296. The molecule has 1 aliphatic rings. The van der Waals surface area contributed by atoms with Crippen LogP contribution in [0.25, 0.3) is 0 Å². The summed E-state index contributed by atoms with van der Waals surface area (Å²) in [4.78, 5) is 2.44. The number of benzene rings is 1. The summed E-state index contributed by atoms with van der Waals surface area (Å²) in [6.45, 7) is 7.67. The molecule has 2 atom stereocenters. The molecule has 0 spiro atoms. The number of rotatable bonds is 6. The molecule has 1 aliphatic carbocycles. The van der Waals surface area contributed by atoms with Gasteiger partial charge in [-0.3, -0.25) is 4.90 Å². The number of hydrogen-bond acceptors (Lipinski definition) is 3. The topological polar surface area (TPSA) is 41.3 Å². The fourth-order valence-corrected chi connectivity index (χ4v) is 3.06. The zero-order valence-corrected chi connectivity index (χ0v) is 12.9. The van der Waals surface area contributed by atoms with E-state index in [9.17, 15) is 0 Å². The molecule has 2 unspecified atom stereocenters. The molecule has 0 amide bonds. The van der Waals surface area contributed by atoms with Gasteiger partial charge in [0.15, 0.2) is 0 Å². The van der Waals surface area contributed by atoms with Crippen LogP contribution in [0.4, 0.5) is 5.69 Å². The quantitative estimate of drug-likeness (QED) is 0.837. The second-order valence-corrected chi connectivity index (χ2v) is 5.93. The molecule has 3 heteroatoms. The molecule has 20 heavy (non-hydrogen) atoms. The number of nitrogens with one attached hydrogen (secondary N) is 1. The third-order valence-corrected chi connectivity index (χ3v) is 4.31. The highest BCUT2D eigenvalue weighted by atomic mass is 15.1. The van der Waals surface area contributed by atoms with Crippen LogP contribution >= 0.6 is 0 Å². The number of nitrogens with two attached hydrogens (primary N) is 1. The molecule has 0 radical (unpaired) electrons. The Morgan fingerprint density at radius 1 is 1.25 bits per heavy atom. The maximum Gasteiger partial charge on any atom is 0.0345 e. The molecular formula is C17H29N3. The smallest absolute Gasteiger partial charge is 0.0345 e. The summed E-state index contributed by atoms with van der Waals surface area (Å²) < 4.78 is 0. The lowest BCUT2D eigenvalue weighted by Crippen LogP contribution is -2.34. The average Bonchev–Trinajstić information content (AvgIpc) is 2.45. The average molecular weight is 275 g/mol. The van der Waals surface area contributed by atoms with Crippen molar-refractivity contribution in [2.75, 3.05) is 18.4 Å². The van der Waals surface area contributed by atoms with Crippen molar-refractivity contribution in [2.45, 2.75) is 58.2 Å². The van der Waals surface area contributed by atoms with Crippen molar-refractivity contribution in [3.8, 4) is 0 Å². The van der Waals surface area contributed by atoms with Crippen molar-refractivity contribution >= 4 is 5.69 Å². The molecule has 3 nitrogen and oxygen atoms in total. The predicted molar refractivity (Wildman–Crippen MR) is 86.9 cm³/mol. The van der Waals surface area contributed by atoms with Crippen LogP contribution in [0.15, 0.2) is 24.3 Å². The molecule has 0 bridgehead atoms. The highest BCUT2D eigenvalue weighted by molar-refractivity contribution is 5.46. The molecule has 1 aromatic carbocycles. The van der Waals surface area contributed by atoms with Crippen LogP contribution in [0.1, 0.15) is 45.1 Å². The van der Waals surface area contributed by atoms with Crippen molar-refractivity contribution in [3.63, 3.8) is 0 Å². The van der Waals surface area contributed by atoms with Gasteiger partial charge in [-0.2, -0.15) is 0 Å². The molecule has 0 heterocycles. The summed E-state index contributed by atoms with van der Waals surface area (Å²) in [6, 6.07) is 9.76. The summed E-state index contributed by atoms with van der Waals surface area (Å²) >= 11 is 0. The molecule has 1 aromatic rings. The van der Waals surface area contributed by atoms with Crippen LogP contribution in [0, 0.1) is 0 Å². The Balaban J connectivity index is 1.95. The summed E-state index contributed by atoms with van der Waals surface area (Å²) in [6.07, 6.45) is 4.77. The van der Waals surface area contributed by atoms with Crippen molar-refractivity contribution in [2.24, 2.45) is 5.73 Å². The summed E-state index contributed by atoms with van der Waals surface area (Å²) in [5.41, 5.74) is 8.70. The van der Waals surface area contributed by atoms with Gasteiger partial charge in [-0.1, -0.05) is 26.0 Å². The minimum Gasteiger partial charge on any atom is -0.382 e. The molecule has 1 fully saturated rings. The van der Waals surface area contributed by atoms with Gasteiger partial charge in [-0.25, -0.2) is 0 Å². The minimum absolute atomic E-state index is 0.375. The Bertz CT molecular complexity index is 401. The largest absolute Gasteiger partial charge is 0.382 e. The molecular weight excluding hydrogens is 246 g/mol. The third-order valence-electron chi connectivity index (χ3n) is 4.31. The van der Waals surface area contributed by atoms with E-state index in [0.717, 1.165) is 26.1 Å². The predicted octanol–water partition coefficient (Wildman–Crippen LogP) is 3.21. The zero-order valence-electron chi connectivity index (χ0n) is 12.9. The maximum atomic E-state index is 6.06. The van der Waals surface area contributed by atoms with E-state index >= 15 is 0 Å². The second-order valence-electron chi connectivity index (χ2n) is 5.93. The van der Waals surface area contributed by atoms with E-state index in [-0.39, 0.29) is 0 Å². The van der Waals surface area contributed by atoms with Crippen LogP contribution < -0.4 is 11.1 Å². The first-order chi connectivity index (χ1) is 9.71. The fourth-order valence-electron chi connectivity index (χ4n) is 3.06. The highest BCUT2D eigenvalue weighted by Gasteiger charge is 2.18. The highest BCUT2D eigenvalue weighted by Crippen LogP contribution is 2.22. The van der Waals surface area contributed by atoms with E-state index in [1.807, 2.05) is 0 Å². The first kappa shape index (κ1) is 15.3. The van der Waals surface area contributed by atoms with E-state index in [1.54, 1.807) is 0 Å². The molecule has 0 aromatic heterocycles. The van der Waals surface area contributed by atoms with Crippen LogP contribution in [0.2, 0.25) is 0 Å². The Labute approximate surface area is 123 Å². The van der Waals surface area contributed by atoms with Gasteiger partial charge in [0.05, 0.1) is 0 Å². The van der Waals surface area contributed by atoms with Gasteiger partial charge in [0.25, 0.3) is 0 Å². The van der Waals surface area contributed by atoms with Gasteiger partial charge in [-0.15, -0.1) is 0 Å². The zero-order chi connectivity index (χ0) is 14.4. The van der Waals surface area contributed by atoms with Crippen molar-refractivity contribution in [1.29, 1.82) is 0 Å². The van der Waals surface area contributed by atoms with Gasteiger partial charge >= 0.3 is 0 Å². The van der Waals surface area contributed by atoms with E-state index in [2.05, 4.69) is 48.3 Å². The van der Waals surface area contributed by atoms with E-state index in [4.69, 9.17) is 5.73 Å². The Kier molecular flexibility index (Phi) is 5.86. The molecule has 0 aliphatic heterocycles. The lowest BCUT2D eigenvalue weighted by atomic mass is 9.91. The summed E-state index contributed by atoms with van der Waals surface area (Å²) in [5, 5.41) is 3.66. The van der Waals surface area contributed by atoms with Gasteiger partial charge < -0.3 is 11.1 Å². The van der Waals surface area contributed by atoms with Gasteiger partial charge in [0.1, 0.15) is 0 Å². The van der Waals surface area contributed by atoms with Gasteiger partial charge in [0, 0.05) is 24.3 Å². The van der Waals surface area contributed by atoms with Crippen LogP contribution in [0.3, 0.4) is 0 Å². The Morgan fingerprint density at radius 2 is 2.05 bits per heavy atom. The number of hydrogen-bond donors (Lipinski definition) is 2. The van der Waals surface area contributed by atoms with Crippen LogP contribution in [-0.2, 0) is 6.54 Å². The normalized spacial score (nSPS) is 23.0. The van der Waals surface area contributed by atoms with Crippen LogP contribution in [0.5, 0.6) is 0 Å². The third kappa shape index (κ3) is 4.50. The summed E-state index contributed by atoms with van der Waals surface area (Å²) in [7, 11) is 0. The second kappa shape index (κ2) is 7.65. The first-order valence-corrected chi connectivity index (χ1v) is 8.04. The van der Waals surface area contributed by atoms with Crippen LogP contribution in [-0.4, -0.2) is 30.1 Å². The maximum absolute atomic E-state index is 6.06. The monoisotopic (exact) mass is 275 g/mol. The van der Waals surface area contributed by atoms with Gasteiger partial charge in [-0.05, 0) is 56.5 Å². The molecule has 0 saturated heterocycles. The number of anilines is 1. The minimum atomic E-state index is 0.375. The standard InChI is InChI=1S/C17H29N3/c1-3-20(4-2)13-14-7-5-9-16(11-14)19-17-10-6-8-15(18)12-17/h5,7,9,11,15,17,19H,3-4,6,8,10,12-13,18H2,1-2H3. The first-order valence-electron chi connectivity index (χ1n) is 8.04. The van der Waals surface area contributed by atoms with Crippen molar-refractivity contribution < 1.29 is 0 Å². The molecule has 112 valence electrons. The van der Waals surface area contributed by atoms with Crippen molar-refractivity contribution in [1.82, 2.24) is 4.90 Å². The lowest BCUT2D eigenvalue weighted by Gasteiger charge is -2.28.